The molecule has 21 heavy (non-hydrogen) atoms. The monoisotopic (exact) mass is 289 g/mol. The Hall–Kier alpha value is -1.85. The van der Waals surface area contributed by atoms with E-state index in [1.165, 1.54) is 0 Å². The van der Waals surface area contributed by atoms with E-state index in [0.29, 0.717) is 6.54 Å². The molecule has 1 aromatic carbocycles. The first-order chi connectivity index (χ1) is 10.1. The van der Waals surface area contributed by atoms with Crippen molar-refractivity contribution in [3.8, 4) is 5.75 Å². The van der Waals surface area contributed by atoms with Gasteiger partial charge in [0.1, 0.15) is 5.75 Å². The van der Waals surface area contributed by atoms with Crippen LogP contribution in [0, 0.1) is 6.92 Å². The minimum Gasteiger partial charge on any atom is -0.508 e. The number of aromatic nitrogens is 2. The van der Waals surface area contributed by atoms with E-state index >= 15 is 0 Å². The topological polar surface area (TPSA) is 61.5 Å². The van der Waals surface area contributed by atoms with Gasteiger partial charge >= 0.3 is 0 Å². The first-order valence-corrected chi connectivity index (χ1v) is 7.28. The Morgan fingerprint density at radius 2 is 2.14 bits per heavy atom. The highest BCUT2D eigenvalue weighted by Crippen LogP contribution is 2.19. The number of benzene rings is 1. The number of likely N-dealkylation sites (N-methyl/N-ethyl adjacent to an activating group) is 1. The minimum absolute atomic E-state index is 0.182. The van der Waals surface area contributed by atoms with Gasteiger partial charge in [-0.05, 0) is 37.2 Å². The van der Waals surface area contributed by atoms with Gasteiger partial charge < -0.3 is 10.2 Å². The molecule has 2 N–H and O–H groups in total. The molecule has 1 unspecified atom stereocenters. The van der Waals surface area contributed by atoms with Crippen LogP contribution in [0.25, 0.3) is 0 Å². The van der Waals surface area contributed by atoms with Gasteiger partial charge in [0.25, 0.3) is 0 Å². The molecule has 0 bridgehead atoms. The van der Waals surface area contributed by atoms with E-state index in [0.717, 1.165) is 30.9 Å². The molecular weight excluding hydrogens is 266 g/mol. The normalized spacial score (nSPS) is 12.8. The molecule has 1 heterocycles. The lowest BCUT2D eigenvalue weighted by atomic mass is 10.1. The van der Waals surface area contributed by atoms with Crippen LogP contribution in [0.1, 0.15) is 24.3 Å². The number of aliphatic hydroxyl groups excluding tert-OH is 1. The lowest BCUT2D eigenvalue weighted by Crippen LogP contribution is -2.31. The zero-order valence-corrected chi connectivity index (χ0v) is 12.6. The lowest BCUT2D eigenvalue weighted by molar-refractivity contribution is 0.113. The molecule has 0 saturated carbocycles. The SMILES string of the molecule is CCN(CCn1ccc(C)n1)CC(O)c1cccc(O)c1. The summed E-state index contributed by atoms with van der Waals surface area (Å²) in [7, 11) is 0. The van der Waals surface area contributed by atoms with Gasteiger partial charge in [-0.25, -0.2) is 0 Å². The molecule has 2 rings (SSSR count). The third kappa shape index (κ3) is 4.58. The number of phenols is 1. The number of aryl methyl sites for hydroxylation is 1. The van der Waals surface area contributed by atoms with Crippen LogP contribution in [0.3, 0.4) is 0 Å². The summed E-state index contributed by atoms with van der Waals surface area (Å²) in [5, 5.41) is 24.1. The summed E-state index contributed by atoms with van der Waals surface area (Å²) in [6.07, 6.45) is 1.37. The summed E-state index contributed by atoms with van der Waals surface area (Å²) in [6.45, 7) is 7.07. The number of hydrogen-bond donors (Lipinski definition) is 2. The summed E-state index contributed by atoms with van der Waals surface area (Å²) < 4.78 is 1.92. The highest BCUT2D eigenvalue weighted by atomic mass is 16.3. The average Bonchev–Trinajstić information content (AvgIpc) is 2.89. The van der Waals surface area contributed by atoms with Crippen molar-refractivity contribution < 1.29 is 10.2 Å². The van der Waals surface area contributed by atoms with Crippen LogP contribution in [-0.4, -0.2) is 44.5 Å². The van der Waals surface area contributed by atoms with Crippen molar-refractivity contribution in [2.24, 2.45) is 0 Å². The molecule has 1 aromatic heterocycles. The standard InChI is InChI=1S/C16H23N3O2/c1-3-18(9-10-19-8-7-13(2)17-19)12-16(21)14-5-4-6-15(20)11-14/h4-8,11,16,20-21H,3,9-10,12H2,1-2H3. The van der Waals surface area contributed by atoms with Crippen molar-refractivity contribution >= 4 is 0 Å². The molecule has 0 spiro atoms. The van der Waals surface area contributed by atoms with E-state index in [9.17, 15) is 10.2 Å². The molecule has 0 radical (unpaired) electrons. The molecule has 114 valence electrons. The van der Waals surface area contributed by atoms with Crippen LogP contribution in [0.4, 0.5) is 0 Å². The highest BCUT2D eigenvalue weighted by Gasteiger charge is 2.13. The van der Waals surface area contributed by atoms with Crippen LogP contribution in [0.2, 0.25) is 0 Å². The predicted octanol–water partition coefficient (Wildman–Crippen LogP) is 1.95. The van der Waals surface area contributed by atoms with Gasteiger partial charge in [0.2, 0.25) is 0 Å². The Morgan fingerprint density at radius 1 is 1.33 bits per heavy atom. The predicted molar refractivity (Wildman–Crippen MR) is 82.1 cm³/mol. The maximum Gasteiger partial charge on any atom is 0.115 e. The van der Waals surface area contributed by atoms with E-state index < -0.39 is 6.10 Å². The van der Waals surface area contributed by atoms with Gasteiger partial charge in [0.15, 0.2) is 0 Å². The molecule has 0 saturated heterocycles. The van der Waals surface area contributed by atoms with Gasteiger partial charge in [-0.3, -0.25) is 9.58 Å². The number of rotatable bonds is 7. The Labute approximate surface area is 125 Å². The quantitative estimate of drug-likeness (QED) is 0.818. The fourth-order valence-corrected chi connectivity index (χ4v) is 2.29. The molecule has 0 aliphatic carbocycles. The van der Waals surface area contributed by atoms with Gasteiger partial charge in [0.05, 0.1) is 18.3 Å². The molecule has 1 atom stereocenters. The van der Waals surface area contributed by atoms with Crippen LogP contribution in [0.15, 0.2) is 36.5 Å². The molecule has 0 amide bonds. The van der Waals surface area contributed by atoms with E-state index in [1.54, 1.807) is 18.2 Å². The summed E-state index contributed by atoms with van der Waals surface area (Å²) in [6, 6.07) is 8.77. The first-order valence-electron chi connectivity index (χ1n) is 7.28. The maximum atomic E-state index is 10.3. The maximum absolute atomic E-state index is 10.3. The fourth-order valence-electron chi connectivity index (χ4n) is 2.29. The molecule has 2 aromatic rings. The third-order valence-electron chi connectivity index (χ3n) is 3.55. The van der Waals surface area contributed by atoms with E-state index in [4.69, 9.17) is 0 Å². The number of phenolic OH excluding ortho intramolecular Hbond substituents is 1. The minimum atomic E-state index is -0.601. The van der Waals surface area contributed by atoms with Crippen LogP contribution in [-0.2, 0) is 6.54 Å². The number of aromatic hydroxyl groups is 1. The Morgan fingerprint density at radius 3 is 2.76 bits per heavy atom. The van der Waals surface area contributed by atoms with Gasteiger partial charge in [-0.2, -0.15) is 5.10 Å². The van der Waals surface area contributed by atoms with Crippen molar-refractivity contribution in [2.45, 2.75) is 26.5 Å². The van der Waals surface area contributed by atoms with Crippen LogP contribution < -0.4 is 0 Å². The molecular formula is C16H23N3O2. The summed E-state index contributed by atoms with van der Waals surface area (Å²) in [4.78, 5) is 2.17. The second kappa shape index (κ2) is 7.24. The zero-order valence-electron chi connectivity index (χ0n) is 12.6. The fraction of sp³-hybridized carbons (Fsp3) is 0.438. The number of nitrogens with zero attached hydrogens (tertiary/aromatic N) is 3. The number of hydrogen-bond acceptors (Lipinski definition) is 4. The van der Waals surface area contributed by atoms with Crippen LogP contribution in [0.5, 0.6) is 5.75 Å². The summed E-state index contributed by atoms with van der Waals surface area (Å²) in [5.41, 5.74) is 1.75. The van der Waals surface area contributed by atoms with Crippen molar-refractivity contribution in [3.05, 3.63) is 47.8 Å². The first kappa shape index (κ1) is 15.5. The largest absolute Gasteiger partial charge is 0.508 e. The van der Waals surface area contributed by atoms with E-state index in [1.807, 2.05) is 29.9 Å². The Bertz CT molecular complexity index is 568. The Kier molecular flexibility index (Phi) is 5.36. The number of aliphatic hydroxyl groups is 1. The lowest BCUT2D eigenvalue weighted by Gasteiger charge is -2.23. The van der Waals surface area contributed by atoms with E-state index in [-0.39, 0.29) is 5.75 Å². The smallest absolute Gasteiger partial charge is 0.115 e. The molecule has 0 aliphatic heterocycles. The van der Waals surface area contributed by atoms with Gasteiger partial charge in [0, 0.05) is 19.3 Å². The molecule has 5 heteroatoms. The van der Waals surface area contributed by atoms with Gasteiger partial charge in [-0.1, -0.05) is 19.1 Å². The third-order valence-corrected chi connectivity index (χ3v) is 3.55. The van der Waals surface area contributed by atoms with Crippen molar-refractivity contribution in [1.29, 1.82) is 0 Å². The van der Waals surface area contributed by atoms with Crippen molar-refractivity contribution in [2.75, 3.05) is 19.6 Å². The average molecular weight is 289 g/mol. The van der Waals surface area contributed by atoms with Crippen molar-refractivity contribution in [3.63, 3.8) is 0 Å². The van der Waals surface area contributed by atoms with E-state index in [2.05, 4.69) is 16.9 Å². The van der Waals surface area contributed by atoms with Crippen LogP contribution >= 0.6 is 0 Å². The highest BCUT2D eigenvalue weighted by molar-refractivity contribution is 5.28. The Balaban J connectivity index is 1.89. The summed E-state index contributed by atoms with van der Waals surface area (Å²) >= 11 is 0. The second-order valence-electron chi connectivity index (χ2n) is 5.22. The zero-order chi connectivity index (χ0) is 15.2. The van der Waals surface area contributed by atoms with Crippen molar-refractivity contribution in [1.82, 2.24) is 14.7 Å². The molecule has 0 aliphatic rings. The second-order valence-corrected chi connectivity index (χ2v) is 5.22. The molecule has 0 fully saturated rings. The summed E-state index contributed by atoms with van der Waals surface area (Å²) in [5.74, 6) is 0.182. The van der Waals surface area contributed by atoms with Gasteiger partial charge in [-0.15, -0.1) is 0 Å². The molecule has 5 nitrogen and oxygen atoms in total.